The van der Waals surface area contributed by atoms with Crippen LogP contribution in [0.15, 0.2) is 70.5 Å². The number of hydrogen-bond acceptors (Lipinski definition) is 4. The summed E-state index contributed by atoms with van der Waals surface area (Å²) in [5.41, 5.74) is 2.33. The summed E-state index contributed by atoms with van der Waals surface area (Å²) in [6.45, 7) is 0. The van der Waals surface area contributed by atoms with Gasteiger partial charge in [0.05, 0.1) is 16.5 Å². The van der Waals surface area contributed by atoms with Gasteiger partial charge < -0.3 is 0 Å². The first kappa shape index (κ1) is 14.9. The molecule has 0 saturated heterocycles. The van der Waals surface area contributed by atoms with Gasteiger partial charge in [0.2, 0.25) is 5.78 Å². The van der Waals surface area contributed by atoms with E-state index in [-0.39, 0.29) is 5.78 Å². The molecule has 2 nitrogen and oxygen atoms in total. The third-order valence-corrected chi connectivity index (χ3v) is 5.94. The van der Waals surface area contributed by atoms with Crippen molar-refractivity contribution < 1.29 is 4.79 Å². The number of benzene rings is 2. The summed E-state index contributed by atoms with van der Waals surface area (Å²) < 4.78 is 0. The number of nitrogens with zero attached hydrogens (tertiary/aromatic N) is 1. The molecule has 2 heterocycles. The van der Waals surface area contributed by atoms with Gasteiger partial charge in [0.1, 0.15) is 0 Å². The Hall–Kier alpha value is -2.61. The van der Waals surface area contributed by atoms with Gasteiger partial charge in [-0.05, 0) is 42.0 Å². The minimum Gasteiger partial charge on any atom is -0.288 e. The third-order valence-electron chi connectivity index (χ3n) is 3.76. The van der Waals surface area contributed by atoms with Crippen LogP contribution >= 0.6 is 23.1 Å². The molecule has 1 aliphatic rings. The molecule has 1 aromatic heterocycles. The quantitative estimate of drug-likeness (QED) is 0.566. The molecule has 0 aliphatic carbocycles. The van der Waals surface area contributed by atoms with Crippen molar-refractivity contribution in [1.82, 2.24) is 0 Å². The maximum Gasteiger partial charge on any atom is 0.200 e. The molecule has 0 N–H and O–H groups in total. The molecule has 1 aliphatic heterocycles. The number of rotatable bonds is 2. The smallest absolute Gasteiger partial charge is 0.200 e. The highest BCUT2D eigenvalue weighted by molar-refractivity contribution is 8.04. The highest BCUT2D eigenvalue weighted by Gasteiger charge is 2.26. The van der Waals surface area contributed by atoms with Crippen LogP contribution in [0.25, 0.3) is 16.5 Å². The number of thioether (sulfide) groups is 1. The molecular formula is C20H11NOS2. The average molecular weight is 345 g/mol. The number of thiophene rings is 1. The lowest BCUT2D eigenvalue weighted by Crippen LogP contribution is -1.94. The molecule has 0 amide bonds. The minimum atomic E-state index is 0.00163. The lowest BCUT2D eigenvalue weighted by atomic mass is 10.1. The summed E-state index contributed by atoms with van der Waals surface area (Å²) in [5, 5.41) is 8.99. The van der Waals surface area contributed by atoms with Crippen LogP contribution in [0.1, 0.15) is 20.8 Å². The van der Waals surface area contributed by atoms with Crippen molar-refractivity contribution in [3.63, 3.8) is 0 Å². The Morgan fingerprint density at radius 1 is 1.00 bits per heavy atom. The fraction of sp³-hybridized carbons (Fsp3) is 0. The monoisotopic (exact) mass is 345 g/mol. The van der Waals surface area contributed by atoms with Crippen LogP contribution in [0.4, 0.5) is 0 Å². The van der Waals surface area contributed by atoms with Gasteiger partial charge >= 0.3 is 0 Å². The van der Waals surface area contributed by atoms with E-state index in [2.05, 4.69) is 24.3 Å². The first-order valence-electron chi connectivity index (χ1n) is 7.38. The largest absolute Gasteiger partial charge is 0.288 e. The predicted molar refractivity (Wildman–Crippen MR) is 99.1 cm³/mol. The topological polar surface area (TPSA) is 40.9 Å². The number of allylic oxidation sites excluding steroid dienone is 1. The second-order valence-electron chi connectivity index (χ2n) is 5.33. The zero-order chi connectivity index (χ0) is 16.5. The van der Waals surface area contributed by atoms with Crippen LogP contribution in [0, 0.1) is 11.3 Å². The Balaban J connectivity index is 1.65. The Kier molecular flexibility index (Phi) is 3.81. The number of ketones is 1. The second-order valence-corrected chi connectivity index (χ2v) is 7.53. The van der Waals surface area contributed by atoms with Crippen molar-refractivity contribution in [2.75, 3.05) is 0 Å². The van der Waals surface area contributed by atoms with E-state index < -0.39 is 0 Å². The third kappa shape index (κ3) is 2.69. The molecule has 114 valence electrons. The summed E-state index contributed by atoms with van der Waals surface area (Å²) >= 11 is 3.14. The first-order valence-corrected chi connectivity index (χ1v) is 9.01. The van der Waals surface area contributed by atoms with Crippen LogP contribution in [0.3, 0.4) is 0 Å². The molecular weight excluding hydrogens is 334 g/mol. The highest BCUT2D eigenvalue weighted by Crippen LogP contribution is 2.42. The zero-order valence-electron chi connectivity index (χ0n) is 12.5. The fourth-order valence-corrected chi connectivity index (χ4v) is 4.63. The normalized spacial score (nSPS) is 14.6. The molecule has 4 rings (SSSR count). The predicted octanol–water partition coefficient (Wildman–Crippen LogP) is 5.62. The minimum absolute atomic E-state index is 0.00163. The van der Waals surface area contributed by atoms with E-state index in [9.17, 15) is 4.79 Å². The molecule has 4 heteroatoms. The van der Waals surface area contributed by atoms with E-state index in [0.29, 0.717) is 16.0 Å². The zero-order valence-corrected chi connectivity index (χ0v) is 14.2. The van der Waals surface area contributed by atoms with Crippen molar-refractivity contribution >= 4 is 35.0 Å². The van der Waals surface area contributed by atoms with Gasteiger partial charge in [-0.2, -0.15) is 5.26 Å². The fourth-order valence-electron chi connectivity index (χ4n) is 2.58. The van der Waals surface area contributed by atoms with Gasteiger partial charge in [-0.15, -0.1) is 11.3 Å². The maximum atomic E-state index is 12.6. The summed E-state index contributed by atoms with van der Waals surface area (Å²) in [6.07, 6.45) is 1.94. The lowest BCUT2D eigenvalue weighted by molar-refractivity contribution is 0.104. The molecule has 0 saturated carbocycles. The van der Waals surface area contributed by atoms with Gasteiger partial charge in [0.25, 0.3) is 0 Å². The van der Waals surface area contributed by atoms with E-state index in [4.69, 9.17) is 5.26 Å². The summed E-state index contributed by atoms with van der Waals surface area (Å²) in [5.74, 6) is 0.00163. The lowest BCUT2D eigenvalue weighted by Gasteiger charge is -1.95. The first-order chi connectivity index (χ1) is 11.7. The Bertz CT molecular complexity index is 1010. The summed E-state index contributed by atoms with van der Waals surface area (Å²) in [7, 11) is 0. The molecule has 0 radical (unpaired) electrons. The van der Waals surface area contributed by atoms with Crippen LogP contribution in [0.2, 0.25) is 0 Å². The molecule has 0 atom stereocenters. The standard InChI is InChI=1S/C20H11NOS2/c21-12-13-6-8-18-16(10-13)20(22)19(24-18)11-15-7-9-17(23-15)14-4-2-1-3-5-14/h1-11H/b19-11+. The van der Waals surface area contributed by atoms with Crippen molar-refractivity contribution in [2.45, 2.75) is 4.90 Å². The number of carbonyl (C=O) groups excluding carboxylic acids is 1. The maximum absolute atomic E-state index is 12.6. The number of hydrogen-bond donors (Lipinski definition) is 0. The van der Waals surface area contributed by atoms with Gasteiger partial charge in [-0.3, -0.25) is 4.79 Å². The molecule has 0 spiro atoms. The number of Topliss-reactive ketones (excluding diaryl/α,β-unsaturated/α-hetero) is 1. The van der Waals surface area contributed by atoms with Crippen LogP contribution in [0.5, 0.6) is 0 Å². The van der Waals surface area contributed by atoms with E-state index in [1.54, 1.807) is 23.5 Å². The van der Waals surface area contributed by atoms with E-state index in [1.165, 1.54) is 22.2 Å². The van der Waals surface area contributed by atoms with Crippen molar-refractivity contribution in [1.29, 1.82) is 5.26 Å². The SMILES string of the molecule is N#Cc1ccc2c(c1)C(=O)/C(=C\c1ccc(-c3ccccc3)s1)S2. The van der Waals surface area contributed by atoms with Crippen LogP contribution in [-0.4, -0.2) is 5.78 Å². The van der Waals surface area contributed by atoms with Crippen LogP contribution < -0.4 is 0 Å². The molecule has 3 aromatic rings. The van der Waals surface area contributed by atoms with E-state index in [0.717, 1.165) is 9.77 Å². The second kappa shape index (κ2) is 6.12. The number of carbonyl (C=O) groups is 1. The average Bonchev–Trinajstić information content (AvgIpc) is 3.21. The van der Waals surface area contributed by atoms with Gasteiger partial charge in [-0.25, -0.2) is 0 Å². The Labute approximate surface area is 148 Å². The van der Waals surface area contributed by atoms with Crippen molar-refractivity contribution in [3.8, 4) is 16.5 Å². The van der Waals surface area contributed by atoms with Gasteiger partial charge in [0.15, 0.2) is 0 Å². The molecule has 0 bridgehead atoms. The van der Waals surface area contributed by atoms with Gasteiger partial charge in [-0.1, -0.05) is 42.1 Å². The highest BCUT2D eigenvalue weighted by atomic mass is 32.2. The molecule has 0 fully saturated rings. The van der Waals surface area contributed by atoms with E-state index in [1.807, 2.05) is 36.4 Å². The molecule has 2 aromatic carbocycles. The van der Waals surface area contributed by atoms with Gasteiger partial charge in [0, 0.05) is 20.2 Å². The summed E-state index contributed by atoms with van der Waals surface area (Å²) in [4.78, 5) is 16.4. The van der Waals surface area contributed by atoms with E-state index >= 15 is 0 Å². The summed E-state index contributed by atoms with van der Waals surface area (Å²) in [6, 6.07) is 21.7. The van der Waals surface area contributed by atoms with Crippen LogP contribution in [-0.2, 0) is 0 Å². The van der Waals surface area contributed by atoms with Crippen molar-refractivity contribution in [3.05, 3.63) is 81.6 Å². The molecule has 0 unspecified atom stereocenters. The van der Waals surface area contributed by atoms with Crippen molar-refractivity contribution in [2.24, 2.45) is 0 Å². The number of nitriles is 1. The number of fused-ring (bicyclic) bond motifs is 1. The molecule has 24 heavy (non-hydrogen) atoms. The Morgan fingerprint density at radius 3 is 2.62 bits per heavy atom. The Morgan fingerprint density at radius 2 is 1.83 bits per heavy atom.